The fourth-order valence-corrected chi connectivity index (χ4v) is 5.18. The molecule has 156 valence electrons. The van der Waals surface area contributed by atoms with Crippen LogP contribution in [-0.2, 0) is 11.7 Å². The number of anilines is 1. The van der Waals surface area contributed by atoms with E-state index in [-0.39, 0.29) is 10.7 Å². The molecule has 1 aliphatic carbocycles. The van der Waals surface area contributed by atoms with E-state index >= 15 is 0 Å². The summed E-state index contributed by atoms with van der Waals surface area (Å²) in [6.45, 7) is 0.302. The van der Waals surface area contributed by atoms with Crippen molar-refractivity contribution in [1.29, 1.82) is 0 Å². The quantitative estimate of drug-likeness (QED) is 0.811. The lowest BCUT2D eigenvalue weighted by Gasteiger charge is -2.48. The molecule has 2 amide bonds. The van der Waals surface area contributed by atoms with Gasteiger partial charge in [0.1, 0.15) is 0 Å². The van der Waals surface area contributed by atoms with E-state index in [4.69, 9.17) is 0 Å². The molecular formula is C19H22F3N5OS. The van der Waals surface area contributed by atoms with Gasteiger partial charge in [0, 0.05) is 5.54 Å². The van der Waals surface area contributed by atoms with Crippen LogP contribution in [0.3, 0.4) is 0 Å². The highest BCUT2D eigenvalue weighted by molar-refractivity contribution is 7.15. The number of aromatic nitrogens is 2. The SMILES string of the molecule is CN(C)[C@]1(c2ccccc2)CC[C@]2(CC1)CN(c1nnc(C(F)(F)F)s1)C(=O)N2. The van der Waals surface area contributed by atoms with E-state index in [9.17, 15) is 18.0 Å². The molecule has 0 unspecified atom stereocenters. The monoisotopic (exact) mass is 425 g/mol. The second-order valence-electron chi connectivity index (χ2n) is 7.98. The molecule has 10 heteroatoms. The summed E-state index contributed by atoms with van der Waals surface area (Å²) in [5, 5.41) is 8.77. The Morgan fingerprint density at radius 2 is 1.76 bits per heavy atom. The van der Waals surface area contributed by atoms with E-state index in [2.05, 4.69) is 46.6 Å². The minimum Gasteiger partial charge on any atom is -0.330 e. The van der Waals surface area contributed by atoms with Gasteiger partial charge in [0.2, 0.25) is 10.1 Å². The zero-order valence-corrected chi connectivity index (χ0v) is 17.0. The van der Waals surface area contributed by atoms with Crippen LogP contribution in [0.2, 0.25) is 0 Å². The van der Waals surface area contributed by atoms with Crippen LogP contribution in [0.4, 0.5) is 23.1 Å². The average Bonchev–Trinajstić information content (AvgIpc) is 3.28. The van der Waals surface area contributed by atoms with E-state index in [1.54, 1.807) is 0 Å². The summed E-state index contributed by atoms with van der Waals surface area (Å²) in [4.78, 5) is 16.1. The van der Waals surface area contributed by atoms with Crippen LogP contribution in [0.1, 0.15) is 36.3 Å². The molecule has 0 atom stereocenters. The van der Waals surface area contributed by atoms with Gasteiger partial charge in [-0.1, -0.05) is 41.7 Å². The molecule has 4 rings (SSSR count). The molecule has 1 saturated carbocycles. The Morgan fingerprint density at radius 1 is 1.10 bits per heavy atom. The number of carbonyl (C=O) groups excluding carboxylic acids is 1. The summed E-state index contributed by atoms with van der Waals surface area (Å²) in [5.74, 6) is 0. The summed E-state index contributed by atoms with van der Waals surface area (Å²) < 4.78 is 38.5. The van der Waals surface area contributed by atoms with Gasteiger partial charge in [-0.05, 0) is 45.3 Å². The lowest BCUT2D eigenvalue weighted by molar-refractivity contribution is -0.138. The van der Waals surface area contributed by atoms with Crippen molar-refractivity contribution in [3.05, 3.63) is 40.9 Å². The van der Waals surface area contributed by atoms with Crippen LogP contribution in [0.25, 0.3) is 0 Å². The van der Waals surface area contributed by atoms with Crippen LogP contribution in [0.5, 0.6) is 0 Å². The number of urea groups is 1. The normalized spacial score (nSPS) is 27.7. The second kappa shape index (κ2) is 6.94. The maximum Gasteiger partial charge on any atom is 0.445 e. The largest absolute Gasteiger partial charge is 0.445 e. The van der Waals surface area contributed by atoms with Crippen LogP contribution < -0.4 is 10.2 Å². The second-order valence-corrected chi connectivity index (χ2v) is 8.93. The van der Waals surface area contributed by atoms with Crippen LogP contribution >= 0.6 is 11.3 Å². The van der Waals surface area contributed by atoms with Crippen molar-refractivity contribution in [2.24, 2.45) is 0 Å². The molecule has 1 aromatic heterocycles. The molecule has 0 bridgehead atoms. The highest BCUT2D eigenvalue weighted by Crippen LogP contribution is 2.46. The number of nitrogens with one attached hydrogen (secondary N) is 1. The summed E-state index contributed by atoms with van der Waals surface area (Å²) in [5.41, 5.74) is 0.645. The van der Waals surface area contributed by atoms with Gasteiger partial charge in [-0.3, -0.25) is 9.80 Å². The standard InChI is InChI=1S/C19H22F3N5OS/c1-26(2)18(13-6-4-3-5-7-13)10-8-17(9-11-18)12-27(15(28)23-17)16-25-24-14(29-16)19(20,21)22/h3-7H,8-12H2,1-2H3,(H,23,28)/t17-,18+. The van der Waals surface area contributed by atoms with Gasteiger partial charge in [0.25, 0.3) is 0 Å². The number of carbonyl (C=O) groups is 1. The van der Waals surface area contributed by atoms with Crippen molar-refractivity contribution in [2.75, 3.05) is 25.5 Å². The van der Waals surface area contributed by atoms with Crippen molar-refractivity contribution in [3.63, 3.8) is 0 Å². The van der Waals surface area contributed by atoms with Gasteiger partial charge in [-0.25, -0.2) is 4.79 Å². The zero-order chi connectivity index (χ0) is 20.9. The predicted molar refractivity (Wildman–Crippen MR) is 104 cm³/mol. The number of amides is 2. The first kappa shape index (κ1) is 20.1. The topological polar surface area (TPSA) is 61.4 Å². The predicted octanol–water partition coefficient (Wildman–Crippen LogP) is 3.86. The smallest absolute Gasteiger partial charge is 0.330 e. The molecule has 2 heterocycles. The van der Waals surface area contributed by atoms with E-state index in [1.165, 1.54) is 10.5 Å². The Labute approximate surface area is 170 Å². The average molecular weight is 425 g/mol. The summed E-state index contributed by atoms with van der Waals surface area (Å²) in [7, 11) is 4.12. The zero-order valence-electron chi connectivity index (χ0n) is 16.2. The third-order valence-electron chi connectivity index (χ3n) is 6.17. The Kier molecular flexibility index (Phi) is 4.81. The maximum absolute atomic E-state index is 12.8. The molecule has 1 spiro atoms. The number of hydrogen-bond donors (Lipinski definition) is 1. The first-order chi connectivity index (χ1) is 13.7. The highest BCUT2D eigenvalue weighted by Gasteiger charge is 2.51. The van der Waals surface area contributed by atoms with Gasteiger partial charge >= 0.3 is 12.2 Å². The van der Waals surface area contributed by atoms with Crippen molar-refractivity contribution in [3.8, 4) is 0 Å². The van der Waals surface area contributed by atoms with Gasteiger partial charge < -0.3 is 5.32 Å². The molecule has 1 aliphatic heterocycles. The first-order valence-corrected chi connectivity index (χ1v) is 10.2. The van der Waals surface area contributed by atoms with Crippen LogP contribution in [0, 0.1) is 0 Å². The Morgan fingerprint density at radius 3 is 2.31 bits per heavy atom. The fraction of sp³-hybridized carbons (Fsp3) is 0.526. The molecule has 0 radical (unpaired) electrons. The molecule has 1 N–H and O–H groups in total. The van der Waals surface area contributed by atoms with Gasteiger partial charge in [0.15, 0.2) is 0 Å². The van der Waals surface area contributed by atoms with E-state index < -0.39 is 22.8 Å². The number of halogens is 3. The molecule has 2 aromatic rings. The van der Waals surface area contributed by atoms with Crippen LogP contribution in [-0.4, -0.2) is 47.3 Å². The minimum absolute atomic E-state index is 0.0146. The third kappa shape index (κ3) is 3.48. The summed E-state index contributed by atoms with van der Waals surface area (Å²) in [6, 6.07) is 9.88. The van der Waals surface area contributed by atoms with Crippen molar-refractivity contribution in [2.45, 2.75) is 42.9 Å². The number of rotatable bonds is 3. The van der Waals surface area contributed by atoms with Crippen molar-refractivity contribution >= 4 is 22.5 Å². The fourth-order valence-electron chi connectivity index (χ4n) is 4.47. The molecule has 29 heavy (non-hydrogen) atoms. The Balaban J connectivity index is 1.53. The summed E-state index contributed by atoms with van der Waals surface area (Å²) in [6.07, 6.45) is -1.43. The van der Waals surface area contributed by atoms with E-state index in [1.807, 2.05) is 18.2 Å². The Bertz CT molecular complexity index is 891. The number of alkyl halides is 3. The molecule has 1 aromatic carbocycles. The van der Waals surface area contributed by atoms with E-state index in [0.29, 0.717) is 17.9 Å². The van der Waals surface area contributed by atoms with Gasteiger partial charge in [0.05, 0.1) is 12.1 Å². The lowest BCUT2D eigenvalue weighted by Crippen LogP contribution is -2.54. The highest BCUT2D eigenvalue weighted by atomic mass is 32.1. The van der Waals surface area contributed by atoms with Crippen molar-refractivity contribution in [1.82, 2.24) is 20.4 Å². The number of nitrogens with zero attached hydrogens (tertiary/aromatic N) is 4. The molecule has 1 saturated heterocycles. The maximum atomic E-state index is 12.8. The van der Waals surface area contributed by atoms with Gasteiger partial charge in [-0.2, -0.15) is 13.2 Å². The van der Waals surface area contributed by atoms with Gasteiger partial charge in [-0.15, -0.1) is 10.2 Å². The molecule has 2 fully saturated rings. The lowest BCUT2D eigenvalue weighted by atomic mass is 9.69. The minimum atomic E-state index is -4.56. The molecular weight excluding hydrogens is 403 g/mol. The molecule has 6 nitrogen and oxygen atoms in total. The number of benzene rings is 1. The Hall–Kier alpha value is -2.20. The third-order valence-corrected chi connectivity index (χ3v) is 7.16. The summed E-state index contributed by atoms with van der Waals surface area (Å²) >= 11 is 0.399. The van der Waals surface area contributed by atoms with Crippen LogP contribution in [0.15, 0.2) is 30.3 Å². The number of hydrogen-bond acceptors (Lipinski definition) is 5. The van der Waals surface area contributed by atoms with E-state index in [0.717, 1.165) is 25.7 Å². The first-order valence-electron chi connectivity index (χ1n) is 9.39. The van der Waals surface area contributed by atoms with Crippen molar-refractivity contribution < 1.29 is 18.0 Å². The molecule has 2 aliphatic rings.